The lowest BCUT2D eigenvalue weighted by atomic mass is 10.1. The van der Waals surface area contributed by atoms with Crippen LogP contribution in [0.3, 0.4) is 0 Å². The van der Waals surface area contributed by atoms with Crippen LogP contribution in [-0.2, 0) is 0 Å². The van der Waals surface area contributed by atoms with Crippen LogP contribution in [0.5, 0.6) is 0 Å². The lowest BCUT2D eigenvalue weighted by Gasteiger charge is -2.11. The maximum atomic E-state index is 6.08. The molecule has 2 aromatic rings. The van der Waals surface area contributed by atoms with Gasteiger partial charge in [-0.1, -0.05) is 45.7 Å². The fourth-order valence-electron chi connectivity index (χ4n) is 1.81. The average molecular weight is 397 g/mol. The van der Waals surface area contributed by atoms with Crippen molar-refractivity contribution >= 4 is 56.3 Å². The summed E-state index contributed by atoms with van der Waals surface area (Å²) in [4.78, 5) is 0. The number of thiocarbonyl (C=S) groups is 1. The molecule has 0 heterocycles. The Morgan fingerprint density at radius 1 is 1.23 bits per heavy atom. The number of anilines is 1. The van der Waals surface area contributed by atoms with E-state index in [1.807, 2.05) is 56.3 Å². The molecule has 0 aliphatic rings. The van der Waals surface area contributed by atoms with Crippen LogP contribution in [0.2, 0.25) is 5.02 Å². The highest BCUT2D eigenvalue weighted by atomic mass is 79.9. The molecule has 2 aromatic carbocycles. The van der Waals surface area contributed by atoms with E-state index in [9.17, 15) is 0 Å². The van der Waals surface area contributed by atoms with Crippen molar-refractivity contribution in [2.45, 2.75) is 13.8 Å². The van der Waals surface area contributed by atoms with Gasteiger partial charge in [-0.25, -0.2) is 0 Å². The molecule has 0 aromatic heterocycles. The van der Waals surface area contributed by atoms with E-state index >= 15 is 0 Å². The van der Waals surface area contributed by atoms with Gasteiger partial charge in [-0.3, -0.25) is 5.43 Å². The number of halogens is 2. The monoisotopic (exact) mass is 395 g/mol. The predicted octanol–water partition coefficient (Wildman–Crippen LogP) is 5.12. The first kappa shape index (κ1) is 16.9. The van der Waals surface area contributed by atoms with E-state index in [2.05, 4.69) is 31.8 Å². The summed E-state index contributed by atoms with van der Waals surface area (Å²) in [5, 5.41) is 8.49. The summed E-state index contributed by atoms with van der Waals surface area (Å²) in [7, 11) is 0. The summed E-state index contributed by atoms with van der Waals surface area (Å²) in [6, 6.07) is 13.5. The second kappa shape index (κ2) is 7.72. The Bertz CT molecular complexity index is 731. The van der Waals surface area contributed by atoms with Gasteiger partial charge < -0.3 is 5.32 Å². The molecule has 0 bridgehead atoms. The zero-order valence-corrected chi connectivity index (χ0v) is 15.3. The van der Waals surface area contributed by atoms with Gasteiger partial charge in [-0.05, 0) is 61.5 Å². The second-order valence-electron chi connectivity index (χ2n) is 4.69. The Balaban J connectivity index is 2.03. The summed E-state index contributed by atoms with van der Waals surface area (Å²) in [6.45, 7) is 3.85. The summed E-state index contributed by atoms with van der Waals surface area (Å²) in [5.41, 5.74) is 6.51. The lowest BCUT2D eigenvalue weighted by Crippen LogP contribution is -2.25. The zero-order valence-electron chi connectivity index (χ0n) is 12.2. The molecule has 0 atom stereocenters. The summed E-state index contributed by atoms with van der Waals surface area (Å²) in [6.07, 6.45) is 0. The molecule has 6 heteroatoms. The van der Waals surface area contributed by atoms with Crippen LogP contribution >= 0.6 is 39.7 Å². The normalized spacial score (nSPS) is 11.2. The number of hydrazone groups is 1. The minimum atomic E-state index is 0.416. The second-order valence-corrected chi connectivity index (χ2v) is 6.42. The molecular formula is C16H15BrClN3S. The number of nitrogens with one attached hydrogen (secondary N) is 2. The largest absolute Gasteiger partial charge is 0.331 e. The number of benzene rings is 2. The van der Waals surface area contributed by atoms with E-state index in [4.69, 9.17) is 23.8 Å². The molecule has 114 valence electrons. The molecule has 0 saturated heterocycles. The molecule has 0 aliphatic carbocycles. The number of rotatable bonds is 3. The van der Waals surface area contributed by atoms with Gasteiger partial charge in [-0.15, -0.1) is 0 Å². The summed E-state index contributed by atoms with van der Waals surface area (Å²) in [5.74, 6) is 0. The molecule has 2 N–H and O–H groups in total. The molecule has 22 heavy (non-hydrogen) atoms. The first-order valence-electron chi connectivity index (χ1n) is 6.59. The minimum absolute atomic E-state index is 0.416. The maximum absolute atomic E-state index is 6.08. The lowest BCUT2D eigenvalue weighted by molar-refractivity contribution is 1.04. The molecule has 0 amide bonds. The van der Waals surface area contributed by atoms with E-state index in [0.717, 1.165) is 27.0 Å². The number of nitrogens with zero attached hydrogens (tertiary/aromatic N) is 1. The standard InChI is InChI=1S/C16H15BrClN3S/c1-10-14(18)7-4-8-15(10)19-16(22)21-20-11(2)12-5-3-6-13(17)9-12/h3-9H,1-2H3,(H2,19,21,22)/b20-11-. The molecular weight excluding hydrogens is 382 g/mol. The molecule has 0 unspecified atom stereocenters. The van der Waals surface area contributed by atoms with Crippen LogP contribution in [-0.4, -0.2) is 10.8 Å². The van der Waals surface area contributed by atoms with E-state index < -0.39 is 0 Å². The Hall–Kier alpha value is -1.43. The molecule has 3 nitrogen and oxygen atoms in total. The van der Waals surface area contributed by atoms with Crippen LogP contribution < -0.4 is 10.7 Å². The Kier molecular flexibility index (Phi) is 5.94. The first-order chi connectivity index (χ1) is 10.5. The van der Waals surface area contributed by atoms with Crippen molar-refractivity contribution in [2.24, 2.45) is 5.10 Å². The molecule has 0 fully saturated rings. The van der Waals surface area contributed by atoms with Gasteiger partial charge in [0.05, 0.1) is 5.71 Å². The Labute approximate surface area is 148 Å². The van der Waals surface area contributed by atoms with Crippen molar-refractivity contribution in [3.63, 3.8) is 0 Å². The van der Waals surface area contributed by atoms with E-state index in [1.165, 1.54) is 0 Å². The van der Waals surface area contributed by atoms with Gasteiger partial charge in [0.1, 0.15) is 0 Å². The van der Waals surface area contributed by atoms with Crippen molar-refractivity contribution in [2.75, 3.05) is 5.32 Å². The molecule has 0 aliphatic heterocycles. The third-order valence-corrected chi connectivity index (χ3v) is 4.18. The van der Waals surface area contributed by atoms with E-state index in [0.29, 0.717) is 10.1 Å². The third kappa shape index (κ3) is 4.53. The predicted molar refractivity (Wildman–Crippen MR) is 102 cm³/mol. The highest BCUT2D eigenvalue weighted by Gasteiger charge is 2.04. The summed E-state index contributed by atoms with van der Waals surface area (Å²) < 4.78 is 1.01. The van der Waals surface area contributed by atoms with Crippen molar-refractivity contribution < 1.29 is 0 Å². The van der Waals surface area contributed by atoms with Gasteiger partial charge in [0.2, 0.25) is 0 Å². The van der Waals surface area contributed by atoms with Gasteiger partial charge in [-0.2, -0.15) is 5.10 Å². The van der Waals surface area contributed by atoms with Gasteiger partial charge in [0.25, 0.3) is 0 Å². The smallest absolute Gasteiger partial charge is 0.191 e. The molecule has 0 spiro atoms. The first-order valence-corrected chi connectivity index (χ1v) is 8.17. The van der Waals surface area contributed by atoms with Crippen LogP contribution in [0.4, 0.5) is 5.69 Å². The quantitative estimate of drug-likeness (QED) is 0.429. The fraction of sp³-hybridized carbons (Fsp3) is 0.125. The Morgan fingerprint density at radius 3 is 2.68 bits per heavy atom. The van der Waals surface area contributed by atoms with E-state index in [-0.39, 0.29) is 0 Å². The van der Waals surface area contributed by atoms with Gasteiger partial charge in [0.15, 0.2) is 5.11 Å². The fourth-order valence-corrected chi connectivity index (χ4v) is 2.54. The van der Waals surface area contributed by atoms with Crippen LogP contribution in [0, 0.1) is 6.92 Å². The van der Waals surface area contributed by atoms with Crippen molar-refractivity contribution in [1.29, 1.82) is 0 Å². The van der Waals surface area contributed by atoms with Crippen LogP contribution in [0.15, 0.2) is 52.0 Å². The van der Waals surface area contributed by atoms with Crippen molar-refractivity contribution in [3.05, 3.63) is 63.1 Å². The topological polar surface area (TPSA) is 36.4 Å². The zero-order chi connectivity index (χ0) is 16.1. The van der Waals surface area contributed by atoms with Crippen LogP contribution in [0.1, 0.15) is 18.1 Å². The SMILES string of the molecule is C/C(=N/NC(=S)Nc1cccc(Cl)c1C)c1cccc(Br)c1. The van der Waals surface area contributed by atoms with E-state index in [1.54, 1.807) is 0 Å². The minimum Gasteiger partial charge on any atom is -0.331 e. The van der Waals surface area contributed by atoms with Gasteiger partial charge in [0, 0.05) is 15.2 Å². The number of hydrogen-bond acceptors (Lipinski definition) is 2. The van der Waals surface area contributed by atoms with Crippen LogP contribution in [0.25, 0.3) is 0 Å². The third-order valence-electron chi connectivity index (χ3n) is 3.08. The maximum Gasteiger partial charge on any atom is 0.191 e. The van der Waals surface area contributed by atoms with Crippen molar-refractivity contribution in [3.8, 4) is 0 Å². The molecule has 0 saturated carbocycles. The highest BCUT2D eigenvalue weighted by molar-refractivity contribution is 9.10. The van der Waals surface area contributed by atoms with Gasteiger partial charge >= 0.3 is 0 Å². The van der Waals surface area contributed by atoms with Crippen molar-refractivity contribution in [1.82, 2.24) is 5.43 Å². The Morgan fingerprint density at radius 2 is 1.95 bits per heavy atom. The number of hydrogen-bond donors (Lipinski definition) is 2. The molecule has 2 rings (SSSR count). The molecule has 0 radical (unpaired) electrons. The highest BCUT2D eigenvalue weighted by Crippen LogP contribution is 2.22. The summed E-state index contributed by atoms with van der Waals surface area (Å²) >= 11 is 14.8. The average Bonchev–Trinajstić information content (AvgIpc) is 2.49.